The average molecular weight is 418 g/mol. The number of aromatic nitrogens is 1. The van der Waals surface area contributed by atoms with Gasteiger partial charge in [-0.05, 0) is 71.0 Å². The van der Waals surface area contributed by atoms with E-state index in [4.69, 9.17) is 4.74 Å². The first kappa shape index (κ1) is 19.3. The van der Waals surface area contributed by atoms with Gasteiger partial charge in [0.15, 0.2) is 0 Å². The summed E-state index contributed by atoms with van der Waals surface area (Å²) in [5, 5.41) is 9.03. The molecule has 1 heterocycles. The SMILES string of the molecule is COc1ccc2nc(-c3ccc(NC(=O)c4ccc(N=O)c(N=O)c4)cc3)sc2c1. The summed E-state index contributed by atoms with van der Waals surface area (Å²) in [4.78, 5) is 38.5. The van der Waals surface area contributed by atoms with Crippen molar-refractivity contribution in [1.82, 2.24) is 4.98 Å². The molecular formula is C21H14N4O4S. The van der Waals surface area contributed by atoms with Crippen molar-refractivity contribution in [3.63, 3.8) is 0 Å². The van der Waals surface area contributed by atoms with E-state index in [1.807, 2.05) is 30.3 Å². The number of fused-ring (bicyclic) bond motifs is 1. The van der Waals surface area contributed by atoms with Crippen LogP contribution in [0.4, 0.5) is 17.1 Å². The van der Waals surface area contributed by atoms with E-state index >= 15 is 0 Å². The normalized spacial score (nSPS) is 10.6. The van der Waals surface area contributed by atoms with Crippen molar-refractivity contribution < 1.29 is 9.53 Å². The van der Waals surface area contributed by atoms with E-state index in [0.717, 1.165) is 26.5 Å². The van der Waals surface area contributed by atoms with Crippen molar-refractivity contribution in [2.45, 2.75) is 0 Å². The van der Waals surface area contributed by atoms with E-state index in [0.29, 0.717) is 5.69 Å². The summed E-state index contributed by atoms with van der Waals surface area (Å²) in [7, 11) is 1.62. The maximum atomic E-state index is 12.4. The zero-order chi connectivity index (χ0) is 21.1. The third-order valence-electron chi connectivity index (χ3n) is 4.42. The third-order valence-corrected chi connectivity index (χ3v) is 5.49. The van der Waals surface area contributed by atoms with Crippen LogP contribution in [-0.2, 0) is 0 Å². The molecule has 4 aromatic rings. The minimum atomic E-state index is -0.433. The molecule has 0 unspecified atom stereocenters. The van der Waals surface area contributed by atoms with Gasteiger partial charge in [-0.2, -0.15) is 0 Å². The summed E-state index contributed by atoms with van der Waals surface area (Å²) in [6, 6.07) is 16.9. The smallest absolute Gasteiger partial charge is 0.255 e. The third kappa shape index (κ3) is 3.78. The topological polar surface area (TPSA) is 110 Å². The average Bonchev–Trinajstić information content (AvgIpc) is 3.22. The van der Waals surface area contributed by atoms with Gasteiger partial charge in [0.05, 0.1) is 17.3 Å². The fourth-order valence-corrected chi connectivity index (χ4v) is 3.87. The summed E-state index contributed by atoms with van der Waals surface area (Å²) in [5.74, 6) is 0.345. The fourth-order valence-electron chi connectivity index (χ4n) is 2.87. The number of nitrogens with zero attached hydrogens (tertiary/aromatic N) is 3. The molecule has 4 rings (SSSR count). The summed E-state index contributed by atoms with van der Waals surface area (Å²) < 4.78 is 6.27. The zero-order valence-electron chi connectivity index (χ0n) is 15.7. The highest BCUT2D eigenvalue weighted by atomic mass is 32.1. The van der Waals surface area contributed by atoms with Crippen molar-refractivity contribution in [1.29, 1.82) is 0 Å². The van der Waals surface area contributed by atoms with Crippen molar-refractivity contribution in [3.8, 4) is 16.3 Å². The van der Waals surface area contributed by atoms with Crippen molar-refractivity contribution in [2.24, 2.45) is 10.4 Å². The van der Waals surface area contributed by atoms with E-state index in [1.54, 1.807) is 30.6 Å². The largest absolute Gasteiger partial charge is 0.497 e. The van der Waals surface area contributed by atoms with Crippen LogP contribution in [0.15, 0.2) is 71.0 Å². The standard InChI is InChI=1S/C21H14N4O4S/c1-29-15-7-9-17-19(11-15)30-21(23-17)12-2-5-14(6-3-12)22-20(26)13-4-8-16(24-27)18(10-13)25-28/h2-11H,1H3,(H,22,26). The molecule has 30 heavy (non-hydrogen) atoms. The highest BCUT2D eigenvalue weighted by molar-refractivity contribution is 7.21. The second kappa shape index (κ2) is 8.18. The summed E-state index contributed by atoms with van der Waals surface area (Å²) in [6.45, 7) is 0. The van der Waals surface area contributed by atoms with Gasteiger partial charge in [0, 0.05) is 16.8 Å². The quantitative estimate of drug-likeness (QED) is 0.385. The number of rotatable bonds is 6. The molecule has 1 amide bonds. The van der Waals surface area contributed by atoms with Crippen LogP contribution in [0.1, 0.15) is 10.4 Å². The van der Waals surface area contributed by atoms with Crippen LogP contribution >= 0.6 is 11.3 Å². The van der Waals surface area contributed by atoms with Crippen molar-refractivity contribution in [2.75, 3.05) is 12.4 Å². The lowest BCUT2D eigenvalue weighted by Crippen LogP contribution is -2.11. The molecule has 0 aliphatic heterocycles. The molecule has 0 aliphatic rings. The van der Waals surface area contributed by atoms with E-state index in [9.17, 15) is 14.6 Å². The number of methoxy groups -OCH3 is 1. The Morgan fingerprint density at radius 3 is 2.43 bits per heavy atom. The van der Waals surface area contributed by atoms with Crippen molar-refractivity contribution >= 4 is 44.5 Å². The van der Waals surface area contributed by atoms with Crippen LogP contribution in [0, 0.1) is 9.81 Å². The lowest BCUT2D eigenvalue weighted by atomic mass is 10.1. The van der Waals surface area contributed by atoms with Gasteiger partial charge in [0.1, 0.15) is 22.1 Å². The molecule has 1 aromatic heterocycles. The van der Waals surface area contributed by atoms with E-state index in [-0.39, 0.29) is 16.9 Å². The van der Waals surface area contributed by atoms with Gasteiger partial charge >= 0.3 is 0 Å². The van der Waals surface area contributed by atoms with E-state index < -0.39 is 5.91 Å². The molecule has 9 heteroatoms. The number of benzene rings is 3. The Labute approximate surface area is 174 Å². The Morgan fingerprint density at radius 2 is 1.73 bits per heavy atom. The zero-order valence-corrected chi connectivity index (χ0v) is 16.5. The summed E-state index contributed by atoms with van der Waals surface area (Å²) in [6.07, 6.45) is 0. The van der Waals surface area contributed by atoms with Crippen LogP contribution in [-0.4, -0.2) is 18.0 Å². The molecule has 0 atom stereocenters. The first-order valence-electron chi connectivity index (χ1n) is 8.78. The Hall–Kier alpha value is -3.98. The number of hydrogen-bond donors (Lipinski definition) is 1. The van der Waals surface area contributed by atoms with Crippen LogP contribution < -0.4 is 10.1 Å². The highest BCUT2D eigenvalue weighted by Gasteiger charge is 2.12. The summed E-state index contributed by atoms with van der Waals surface area (Å²) in [5.41, 5.74) is 2.29. The second-order valence-electron chi connectivity index (χ2n) is 6.27. The molecule has 0 saturated carbocycles. The van der Waals surface area contributed by atoms with E-state index in [1.165, 1.54) is 18.2 Å². The number of carbonyl (C=O) groups is 1. The number of hydrogen-bond acceptors (Lipinski definition) is 8. The molecular weight excluding hydrogens is 404 g/mol. The molecule has 0 aliphatic carbocycles. The maximum Gasteiger partial charge on any atom is 0.255 e. The predicted octanol–water partition coefficient (Wildman–Crippen LogP) is 6.02. The van der Waals surface area contributed by atoms with Gasteiger partial charge in [-0.15, -0.1) is 21.2 Å². The Bertz CT molecular complexity index is 1270. The molecule has 0 spiro atoms. The first-order chi connectivity index (χ1) is 14.6. The minimum Gasteiger partial charge on any atom is -0.497 e. The maximum absolute atomic E-state index is 12.4. The molecule has 0 radical (unpaired) electrons. The molecule has 0 bridgehead atoms. The van der Waals surface area contributed by atoms with Crippen LogP contribution in [0.5, 0.6) is 5.75 Å². The number of carbonyl (C=O) groups excluding carboxylic acids is 1. The van der Waals surface area contributed by atoms with Gasteiger partial charge in [-0.25, -0.2) is 4.98 Å². The molecule has 0 saturated heterocycles. The van der Waals surface area contributed by atoms with E-state index in [2.05, 4.69) is 20.7 Å². The Kier molecular flexibility index (Phi) is 5.27. The Balaban J connectivity index is 1.53. The molecule has 0 fully saturated rings. The molecule has 1 N–H and O–H groups in total. The molecule has 3 aromatic carbocycles. The lowest BCUT2D eigenvalue weighted by Gasteiger charge is -2.06. The van der Waals surface area contributed by atoms with Gasteiger partial charge in [0.25, 0.3) is 5.91 Å². The Morgan fingerprint density at radius 1 is 0.967 bits per heavy atom. The molecule has 8 nitrogen and oxygen atoms in total. The van der Waals surface area contributed by atoms with Gasteiger partial charge < -0.3 is 10.1 Å². The van der Waals surface area contributed by atoms with Gasteiger partial charge in [-0.3, -0.25) is 4.79 Å². The number of thiazole rings is 1. The highest BCUT2D eigenvalue weighted by Crippen LogP contribution is 2.33. The monoisotopic (exact) mass is 418 g/mol. The number of anilines is 1. The predicted molar refractivity (Wildman–Crippen MR) is 117 cm³/mol. The number of ether oxygens (including phenoxy) is 1. The second-order valence-corrected chi connectivity index (χ2v) is 7.30. The summed E-state index contributed by atoms with van der Waals surface area (Å²) >= 11 is 1.55. The fraction of sp³-hybridized carbons (Fsp3) is 0.0476. The van der Waals surface area contributed by atoms with Crippen LogP contribution in [0.25, 0.3) is 20.8 Å². The molecule has 148 valence electrons. The number of amides is 1. The minimum absolute atomic E-state index is 0.112. The first-order valence-corrected chi connectivity index (χ1v) is 9.60. The van der Waals surface area contributed by atoms with Crippen LogP contribution in [0.2, 0.25) is 0 Å². The lowest BCUT2D eigenvalue weighted by molar-refractivity contribution is 0.102. The van der Waals surface area contributed by atoms with Gasteiger partial charge in [0.2, 0.25) is 0 Å². The number of nitrogens with one attached hydrogen (secondary N) is 1. The van der Waals surface area contributed by atoms with Crippen molar-refractivity contribution in [3.05, 3.63) is 76.0 Å². The number of nitroso groups, excluding NO2 is 2. The van der Waals surface area contributed by atoms with Crippen LogP contribution in [0.3, 0.4) is 0 Å². The van der Waals surface area contributed by atoms with Gasteiger partial charge in [-0.1, -0.05) is 0 Å².